The Hall–Kier alpha value is -3.08. The zero-order valence-electron chi connectivity index (χ0n) is 22.6. The number of aryl methyl sites for hydroxylation is 4. The number of allylic oxidation sites excluding steroid dienone is 1. The number of aromatic nitrogens is 3. The van der Waals surface area contributed by atoms with Gasteiger partial charge in [-0.15, -0.1) is 0 Å². The topological polar surface area (TPSA) is 54.0 Å². The molecule has 3 heterocycles. The molecule has 2 aliphatic rings. The number of piperidine rings is 1. The van der Waals surface area contributed by atoms with Crippen molar-refractivity contribution in [2.75, 3.05) is 24.6 Å². The summed E-state index contributed by atoms with van der Waals surface area (Å²) in [4.78, 5) is 16.2. The number of hydrogen-bond acceptors (Lipinski definition) is 4. The molecule has 1 aliphatic heterocycles. The van der Waals surface area contributed by atoms with Crippen molar-refractivity contribution >= 4 is 11.8 Å². The summed E-state index contributed by atoms with van der Waals surface area (Å²) < 4.78 is 5.73. The average Bonchev–Trinajstić information content (AvgIpc) is 3.16. The first kappa shape index (κ1) is 24.6. The van der Waals surface area contributed by atoms with Crippen LogP contribution in [0.4, 0.5) is 5.69 Å². The van der Waals surface area contributed by atoms with Crippen LogP contribution in [0.15, 0.2) is 30.0 Å². The van der Waals surface area contributed by atoms with E-state index in [0.29, 0.717) is 12.5 Å². The Morgan fingerprint density at radius 1 is 1.08 bits per heavy atom. The molecule has 1 aromatic carbocycles. The number of H-pyrrole nitrogens is 1. The van der Waals surface area contributed by atoms with E-state index >= 15 is 0 Å². The standard InChI is InChI=1S/C31H40N4O/c1-6-23-19-32-27-10-8-9-20(3)17-26(27)30(23)35-15-13-24(14-16-35)31-33-22(5)29(34-31)25-11-12-28(36-7-2)21(4)18-25/h11-12,17-19,24H,6-10,13-16H2,1-5H3,(H,33,34). The Morgan fingerprint density at radius 3 is 2.61 bits per heavy atom. The second-order valence-corrected chi connectivity index (χ2v) is 10.5. The predicted octanol–water partition coefficient (Wildman–Crippen LogP) is 7.17. The molecule has 5 rings (SSSR count). The van der Waals surface area contributed by atoms with Gasteiger partial charge in [-0.2, -0.15) is 0 Å². The van der Waals surface area contributed by atoms with E-state index in [4.69, 9.17) is 14.7 Å². The van der Waals surface area contributed by atoms with Gasteiger partial charge in [-0.1, -0.05) is 18.6 Å². The van der Waals surface area contributed by atoms with Gasteiger partial charge in [-0.3, -0.25) is 4.98 Å². The van der Waals surface area contributed by atoms with Gasteiger partial charge < -0.3 is 14.6 Å². The molecule has 0 saturated carbocycles. The zero-order chi connectivity index (χ0) is 25.2. The number of nitrogens with zero attached hydrogens (tertiary/aromatic N) is 3. The second kappa shape index (κ2) is 10.5. The molecule has 5 nitrogen and oxygen atoms in total. The summed E-state index contributed by atoms with van der Waals surface area (Å²) in [5.74, 6) is 2.54. The molecule has 0 radical (unpaired) electrons. The van der Waals surface area contributed by atoms with E-state index in [1.807, 2.05) is 6.92 Å². The largest absolute Gasteiger partial charge is 0.494 e. The lowest BCUT2D eigenvalue weighted by Gasteiger charge is -2.35. The van der Waals surface area contributed by atoms with E-state index in [1.165, 1.54) is 40.9 Å². The van der Waals surface area contributed by atoms with E-state index in [0.717, 1.165) is 72.9 Å². The first-order valence-electron chi connectivity index (χ1n) is 13.7. The third-order valence-electron chi connectivity index (χ3n) is 7.85. The smallest absolute Gasteiger partial charge is 0.122 e. The maximum absolute atomic E-state index is 5.73. The van der Waals surface area contributed by atoms with Crippen LogP contribution in [-0.2, 0) is 12.8 Å². The molecule has 0 atom stereocenters. The molecule has 0 amide bonds. The van der Waals surface area contributed by atoms with Gasteiger partial charge >= 0.3 is 0 Å². The van der Waals surface area contributed by atoms with Crippen molar-refractivity contribution in [2.45, 2.75) is 79.1 Å². The van der Waals surface area contributed by atoms with Crippen LogP contribution in [0.5, 0.6) is 5.75 Å². The maximum atomic E-state index is 5.73. The fraction of sp³-hybridized carbons (Fsp3) is 0.484. The highest BCUT2D eigenvalue weighted by Gasteiger charge is 2.27. The predicted molar refractivity (Wildman–Crippen MR) is 149 cm³/mol. The van der Waals surface area contributed by atoms with E-state index < -0.39 is 0 Å². The van der Waals surface area contributed by atoms with Gasteiger partial charge in [0.05, 0.1) is 18.0 Å². The van der Waals surface area contributed by atoms with Crippen LogP contribution >= 0.6 is 0 Å². The van der Waals surface area contributed by atoms with Crippen molar-refractivity contribution in [3.05, 3.63) is 63.9 Å². The van der Waals surface area contributed by atoms with Gasteiger partial charge in [0.15, 0.2) is 0 Å². The third kappa shape index (κ3) is 4.80. The van der Waals surface area contributed by atoms with Crippen LogP contribution in [0.2, 0.25) is 0 Å². The summed E-state index contributed by atoms with van der Waals surface area (Å²) in [7, 11) is 0. The minimum atomic E-state index is 0.459. The summed E-state index contributed by atoms with van der Waals surface area (Å²) in [6.07, 6.45) is 11.2. The fourth-order valence-electron chi connectivity index (χ4n) is 5.88. The number of anilines is 1. The van der Waals surface area contributed by atoms with E-state index in [2.05, 4.69) is 68.1 Å². The molecule has 0 spiro atoms. The Labute approximate surface area is 216 Å². The van der Waals surface area contributed by atoms with Gasteiger partial charge in [-0.25, -0.2) is 4.98 Å². The number of nitrogens with one attached hydrogen (secondary N) is 1. The second-order valence-electron chi connectivity index (χ2n) is 10.5. The number of benzene rings is 1. The quantitative estimate of drug-likeness (QED) is 0.403. The summed E-state index contributed by atoms with van der Waals surface area (Å²) in [6, 6.07) is 6.39. The zero-order valence-corrected chi connectivity index (χ0v) is 22.6. The van der Waals surface area contributed by atoms with Crippen molar-refractivity contribution in [1.82, 2.24) is 15.0 Å². The number of imidazole rings is 1. The van der Waals surface area contributed by atoms with Crippen LogP contribution < -0.4 is 9.64 Å². The van der Waals surface area contributed by atoms with Crippen molar-refractivity contribution in [1.29, 1.82) is 0 Å². The van der Waals surface area contributed by atoms with Crippen LogP contribution in [-0.4, -0.2) is 34.6 Å². The molecular weight excluding hydrogens is 444 g/mol. The molecule has 1 fully saturated rings. The number of rotatable bonds is 6. The SMILES string of the molecule is CCOc1ccc(-c2nc(C3CCN(c4c(CC)cnc5c4C=C(C)CCC5)CC3)[nH]c2C)cc1C. The molecule has 1 N–H and O–H groups in total. The van der Waals surface area contributed by atoms with Crippen molar-refractivity contribution < 1.29 is 4.74 Å². The van der Waals surface area contributed by atoms with Gasteiger partial charge in [0.1, 0.15) is 11.6 Å². The van der Waals surface area contributed by atoms with Crippen LogP contribution in [0.3, 0.4) is 0 Å². The third-order valence-corrected chi connectivity index (χ3v) is 7.85. The molecule has 190 valence electrons. The highest BCUT2D eigenvalue weighted by Crippen LogP contribution is 2.38. The number of ether oxygens (including phenoxy) is 1. The highest BCUT2D eigenvalue weighted by molar-refractivity contribution is 5.74. The molecule has 0 unspecified atom stereocenters. The summed E-state index contributed by atoms with van der Waals surface area (Å²) in [5, 5.41) is 0. The monoisotopic (exact) mass is 484 g/mol. The highest BCUT2D eigenvalue weighted by atomic mass is 16.5. The van der Waals surface area contributed by atoms with E-state index in [1.54, 1.807) is 0 Å². The van der Waals surface area contributed by atoms with E-state index in [9.17, 15) is 0 Å². The lowest BCUT2D eigenvalue weighted by atomic mass is 9.93. The van der Waals surface area contributed by atoms with Crippen molar-refractivity contribution in [3.63, 3.8) is 0 Å². The van der Waals surface area contributed by atoms with Crippen molar-refractivity contribution in [3.8, 4) is 17.0 Å². The molecule has 1 aliphatic carbocycles. The fourth-order valence-corrected chi connectivity index (χ4v) is 5.88. The Balaban J connectivity index is 1.36. The van der Waals surface area contributed by atoms with E-state index in [-0.39, 0.29) is 0 Å². The molecule has 36 heavy (non-hydrogen) atoms. The molecule has 5 heteroatoms. The minimum Gasteiger partial charge on any atom is -0.494 e. The van der Waals surface area contributed by atoms with Crippen molar-refractivity contribution in [2.24, 2.45) is 0 Å². The molecular formula is C31H40N4O. The normalized spacial score (nSPS) is 16.5. The summed E-state index contributed by atoms with van der Waals surface area (Å²) >= 11 is 0. The van der Waals surface area contributed by atoms with Gasteiger partial charge in [0.25, 0.3) is 0 Å². The van der Waals surface area contributed by atoms with Crippen LogP contribution in [0, 0.1) is 13.8 Å². The lowest BCUT2D eigenvalue weighted by molar-refractivity contribution is 0.338. The summed E-state index contributed by atoms with van der Waals surface area (Å²) in [5.41, 5.74) is 11.5. The Morgan fingerprint density at radius 2 is 1.89 bits per heavy atom. The first-order valence-corrected chi connectivity index (χ1v) is 13.7. The van der Waals surface area contributed by atoms with Gasteiger partial charge in [0.2, 0.25) is 0 Å². The number of hydrogen-bond donors (Lipinski definition) is 1. The molecule has 3 aromatic rings. The van der Waals surface area contributed by atoms with Gasteiger partial charge in [-0.05, 0) is 95.5 Å². The average molecular weight is 485 g/mol. The number of pyridine rings is 1. The lowest BCUT2D eigenvalue weighted by Crippen LogP contribution is -2.34. The Bertz CT molecular complexity index is 1260. The molecule has 1 saturated heterocycles. The number of aromatic amines is 1. The minimum absolute atomic E-state index is 0.459. The van der Waals surface area contributed by atoms with Gasteiger partial charge in [0, 0.05) is 47.7 Å². The first-order chi connectivity index (χ1) is 17.5. The maximum Gasteiger partial charge on any atom is 0.122 e. The summed E-state index contributed by atoms with van der Waals surface area (Å²) in [6.45, 7) is 13.6. The Kier molecular flexibility index (Phi) is 7.17. The van der Waals surface area contributed by atoms with Crippen LogP contribution in [0.1, 0.15) is 86.3 Å². The molecule has 2 aromatic heterocycles. The molecule has 0 bridgehead atoms. The number of fused-ring (bicyclic) bond motifs is 1. The van der Waals surface area contributed by atoms with Crippen LogP contribution in [0.25, 0.3) is 17.3 Å².